The first-order chi connectivity index (χ1) is 9.68. The maximum absolute atomic E-state index is 12.3. The zero-order valence-corrected chi connectivity index (χ0v) is 13.6. The Morgan fingerprint density at radius 1 is 0.600 bits per heavy atom. The lowest BCUT2D eigenvalue weighted by atomic mass is 10.5. The summed E-state index contributed by atoms with van der Waals surface area (Å²) in [6.45, 7) is 2.40. The second kappa shape index (κ2) is 13.9. The molecule has 0 aliphatic carbocycles. The van der Waals surface area contributed by atoms with E-state index in [1.165, 1.54) is 0 Å². The van der Waals surface area contributed by atoms with E-state index in [0.717, 1.165) is 0 Å². The van der Waals surface area contributed by atoms with Crippen molar-refractivity contribution in [2.24, 2.45) is 0 Å². The highest BCUT2D eigenvalue weighted by atomic mass is 31.2. The number of phosphoric ester groups is 1. The fourth-order valence-electron chi connectivity index (χ4n) is 1.25. The Morgan fingerprint density at radius 3 is 1.15 bits per heavy atom. The topological polar surface area (TPSA) is 72.5 Å². The smallest absolute Gasteiger partial charge is 0.385 e. The quantitative estimate of drug-likeness (QED) is 0.339. The van der Waals surface area contributed by atoms with Crippen LogP contribution in [0, 0.1) is 0 Å². The van der Waals surface area contributed by atoms with Crippen molar-refractivity contribution in [3.05, 3.63) is 0 Å². The molecule has 0 fully saturated rings. The van der Waals surface area contributed by atoms with Gasteiger partial charge in [0.1, 0.15) is 0 Å². The third-order valence-corrected chi connectivity index (χ3v) is 3.72. The standard InChI is InChI=1S/C12H27O7P/c1-14-7-4-10-17-20(13,18-11-5-8-15-2)19-12-6-9-16-3/h4-12H2,1-3H3. The van der Waals surface area contributed by atoms with Crippen molar-refractivity contribution < 1.29 is 32.3 Å². The molecule has 0 N–H and O–H groups in total. The number of phosphoric acid groups is 1. The first-order valence-electron chi connectivity index (χ1n) is 6.69. The molecule has 0 aliphatic heterocycles. The van der Waals surface area contributed by atoms with Gasteiger partial charge in [0.15, 0.2) is 0 Å². The number of methoxy groups -OCH3 is 3. The van der Waals surface area contributed by atoms with Gasteiger partial charge in [0, 0.05) is 41.2 Å². The molecule has 0 rings (SSSR count). The molecule has 0 aliphatic rings. The molecule has 0 radical (unpaired) electrons. The number of rotatable bonds is 15. The lowest BCUT2D eigenvalue weighted by Gasteiger charge is -2.18. The third kappa shape index (κ3) is 11.8. The normalized spacial score (nSPS) is 11.9. The van der Waals surface area contributed by atoms with Crippen LogP contribution < -0.4 is 0 Å². The van der Waals surface area contributed by atoms with E-state index in [1.54, 1.807) is 21.3 Å². The molecular weight excluding hydrogens is 287 g/mol. The molecule has 0 aromatic carbocycles. The van der Waals surface area contributed by atoms with E-state index in [-0.39, 0.29) is 19.8 Å². The molecule has 0 aromatic heterocycles. The van der Waals surface area contributed by atoms with E-state index in [9.17, 15) is 4.57 Å². The molecule has 0 atom stereocenters. The van der Waals surface area contributed by atoms with Gasteiger partial charge in [0.25, 0.3) is 0 Å². The zero-order chi connectivity index (χ0) is 15.1. The van der Waals surface area contributed by atoms with E-state index in [2.05, 4.69) is 0 Å². The molecule has 0 aromatic rings. The predicted octanol–water partition coefficient (Wildman–Crippen LogP) is 2.25. The lowest BCUT2D eigenvalue weighted by Crippen LogP contribution is -2.07. The average Bonchev–Trinajstić information content (AvgIpc) is 2.45. The number of hydrogen-bond acceptors (Lipinski definition) is 7. The van der Waals surface area contributed by atoms with E-state index >= 15 is 0 Å². The van der Waals surface area contributed by atoms with Gasteiger partial charge in [-0.15, -0.1) is 0 Å². The van der Waals surface area contributed by atoms with Crippen LogP contribution >= 0.6 is 7.82 Å². The van der Waals surface area contributed by atoms with E-state index in [0.29, 0.717) is 39.1 Å². The van der Waals surface area contributed by atoms with Gasteiger partial charge >= 0.3 is 7.82 Å². The molecule has 7 nitrogen and oxygen atoms in total. The fourth-order valence-corrected chi connectivity index (χ4v) is 2.53. The van der Waals surface area contributed by atoms with Gasteiger partial charge in [0.2, 0.25) is 0 Å². The van der Waals surface area contributed by atoms with E-state index < -0.39 is 7.82 Å². The SMILES string of the molecule is COCCCOP(=O)(OCCCOC)OCCCOC. The van der Waals surface area contributed by atoms with Crippen LogP contribution in [0.25, 0.3) is 0 Å². The second-order valence-corrected chi connectivity index (χ2v) is 5.65. The van der Waals surface area contributed by atoms with Crippen LogP contribution in [0.15, 0.2) is 0 Å². The molecular formula is C12H27O7P. The Bertz CT molecular complexity index is 212. The van der Waals surface area contributed by atoms with Crippen LogP contribution in [-0.2, 0) is 32.3 Å². The largest absolute Gasteiger partial charge is 0.474 e. The molecule has 0 unspecified atom stereocenters. The van der Waals surface area contributed by atoms with Gasteiger partial charge in [-0.3, -0.25) is 13.6 Å². The summed E-state index contributed by atoms with van der Waals surface area (Å²) < 4.78 is 42.7. The predicted molar refractivity (Wildman–Crippen MR) is 74.9 cm³/mol. The minimum Gasteiger partial charge on any atom is -0.385 e. The van der Waals surface area contributed by atoms with Crippen LogP contribution in [0.4, 0.5) is 0 Å². The van der Waals surface area contributed by atoms with Crippen molar-refractivity contribution in [3.63, 3.8) is 0 Å². The Hall–Kier alpha value is -0.0100. The van der Waals surface area contributed by atoms with Crippen molar-refractivity contribution in [1.29, 1.82) is 0 Å². The Morgan fingerprint density at radius 2 is 0.900 bits per heavy atom. The highest BCUT2D eigenvalue weighted by Gasteiger charge is 2.26. The van der Waals surface area contributed by atoms with Gasteiger partial charge in [-0.2, -0.15) is 0 Å². The molecule has 8 heteroatoms. The van der Waals surface area contributed by atoms with E-state index in [4.69, 9.17) is 27.8 Å². The average molecular weight is 314 g/mol. The number of ether oxygens (including phenoxy) is 3. The lowest BCUT2D eigenvalue weighted by molar-refractivity contribution is 0.0861. The van der Waals surface area contributed by atoms with Crippen molar-refractivity contribution in [1.82, 2.24) is 0 Å². The fraction of sp³-hybridized carbons (Fsp3) is 1.00. The monoisotopic (exact) mass is 314 g/mol. The maximum Gasteiger partial charge on any atom is 0.474 e. The molecule has 122 valence electrons. The summed E-state index contributed by atoms with van der Waals surface area (Å²) in [6, 6.07) is 0. The van der Waals surface area contributed by atoms with Crippen LogP contribution in [0.2, 0.25) is 0 Å². The van der Waals surface area contributed by atoms with Crippen molar-refractivity contribution in [2.45, 2.75) is 19.3 Å². The minimum atomic E-state index is -3.51. The Balaban J connectivity index is 4.02. The van der Waals surface area contributed by atoms with E-state index in [1.807, 2.05) is 0 Å². The molecule has 0 amide bonds. The van der Waals surface area contributed by atoms with Crippen LogP contribution in [0.1, 0.15) is 19.3 Å². The maximum atomic E-state index is 12.3. The summed E-state index contributed by atoms with van der Waals surface area (Å²) in [5, 5.41) is 0. The summed E-state index contributed by atoms with van der Waals surface area (Å²) in [4.78, 5) is 0. The Kier molecular flexibility index (Phi) is 13.9. The molecule has 0 spiro atoms. The van der Waals surface area contributed by atoms with Gasteiger partial charge in [-0.1, -0.05) is 0 Å². The summed E-state index contributed by atoms with van der Waals surface area (Å²) >= 11 is 0. The number of hydrogen-bond donors (Lipinski definition) is 0. The third-order valence-electron chi connectivity index (χ3n) is 2.23. The summed E-state index contributed by atoms with van der Waals surface area (Å²) in [7, 11) is 1.29. The van der Waals surface area contributed by atoms with Gasteiger partial charge < -0.3 is 14.2 Å². The van der Waals surface area contributed by atoms with Gasteiger partial charge in [0.05, 0.1) is 19.8 Å². The Labute approximate surface area is 121 Å². The highest BCUT2D eigenvalue weighted by Crippen LogP contribution is 2.49. The first kappa shape index (κ1) is 20.0. The molecule has 0 saturated carbocycles. The van der Waals surface area contributed by atoms with Crippen LogP contribution in [0.3, 0.4) is 0 Å². The summed E-state index contributed by atoms with van der Waals surface area (Å²) in [5.41, 5.74) is 0. The molecule has 0 saturated heterocycles. The second-order valence-electron chi connectivity index (χ2n) is 3.99. The first-order valence-corrected chi connectivity index (χ1v) is 8.15. The van der Waals surface area contributed by atoms with Crippen LogP contribution in [-0.4, -0.2) is 61.0 Å². The summed E-state index contributed by atoms with van der Waals surface area (Å²) in [5.74, 6) is 0. The molecule has 20 heavy (non-hydrogen) atoms. The molecule has 0 heterocycles. The molecule has 0 bridgehead atoms. The minimum absolute atomic E-state index is 0.264. The summed E-state index contributed by atoms with van der Waals surface area (Å²) in [6.07, 6.45) is 1.88. The van der Waals surface area contributed by atoms with Crippen molar-refractivity contribution in [3.8, 4) is 0 Å². The van der Waals surface area contributed by atoms with Crippen LogP contribution in [0.5, 0.6) is 0 Å². The van der Waals surface area contributed by atoms with Gasteiger partial charge in [-0.25, -0.2) is 4.57 Å². The zero-order valence-electron chi connectivity index (χ0n) is 12.7. The highest BCUT2D eigenvalue weighted by molar-refractivity contribution is 7.48. The van der Waals surface area contributed by atoms with Gasteiger partial charge in [-0.05, 0) is 19.3 Å². The van der Waals surface area contributed by atoms with Crippen molar-refractivity contribution >= 4 is 7.82 Å². The van der Waals surface area contributed by atoms with Crippen molar-refractivity contribution in [2.75, 3.05) is 61.0 Å².